The number of carbonyl (C=O) groups excluding carboxylic acids is 1. The predicted molar refractivity (Wildman–Crippen MR) is 116 cm³/mol. The molecule has 1 fully saturated rings. The minimum absolute atomic E-state index is 0.00662. The van der Waals surface area contributed by atoms with E-state index in [2.05, 4.69) is 42.0 Å². The lowest BCUT2D eigenvalue weighted by molar-refractivity contribution is -0.125. The molecule has 0 atom stereocenters. The van der Waals surface area contributed by atoms with E-state index in [9.17, 15) is 13.2 Å². The highest BCUT2D eigenvalue weighted by atomic mass is 79.9. The van der Waals surface area contributed by atoms with Crippen LogP contribution in [0.5, 0.6) is 0 Å². The number of sulfonamides is 1. The zero-order chi connectivity index (χ0) is 20.1. The standard InChI is InChI=1S/C19H29BrN2O3S2/c1-19(2,3)26-12-9-21-18(23)16-7-10-22(11-8-16)27(24,25)14-15-5-4-6-17(20)13-15/h4-6,13,16H,7-12,14H2,1-3H3,(H,21,23). The number of nitrogens with zero attached hydrogens (tertiary/aromatic N) is 1. The first kappa shape index (κ1) is 22.7. The molecule has 1 saturated heterocycles. The number of carbonyl (C=O) groups is 1. The second kappa shape index (κ2) is 9.76. The lowest BCUT2D eigenvalue weighted by Gasteiger charge is -2.30. The molecule has 1 amide bonds. The van der Waals surface area contributed by atoms with E-state index in [0.29, 0.717) is 32.5 Å². The summed E-state index contributed by atoms with van der Waals surface area (Å²) in [5, 5.41) is 2.99. The number of rotatable bonds is 7. The number of benzene rings is 1. The van der Waals surface area contributed by atoms with Crippen LogP contribution in [-0.2, 0) is 20.6 Å². The number of hydrogen-bond donors (Lipinski definition) is 1. The van der Waals surface area contributed by atoms with Crippen molar-refractivity contribution in [2.45, 2.75) is 44.1 Å². The van der Waals surface area contributed by atoms with Crippen molar-refractivity contribution in [3.8, 4) is 0 Å². The van der Waals surface area contributed by atoms with Gasteiger partial charge in [-0.25, -0.2) is 12.7 Å². The molecule has 0 radical (unpaired) electrons. The van der Waals surface area contributed by atoms with Gasteiger partial charge in [-0.05, 0) is 30.5 Å². The number of amides is 1. The summed E-state index contributed by atoms with van der Waals surface area (Å²) in [5.41, 5.74) is 0.764. The number of piperidine rings is 1. The van der Waals surface area contributed by atoms with Crippen LogP contribution in [-0.4, -0.2) is 48.8 Å². The van der Waals surface area contributed by atoms with Gasteiger partial charge in [0.15, 0.2) is 0 Å². The van der Waals surface area contributed by atoms with Crippen LogP contribution in [0.3, 0.4) is 0 Å². The summed E-state index contributed by atoms with van der Waals surface area (Å²) in [5.74, 6) is 0.832. The maximum absolute atomic E-state index is 12.7. The van der Waals surface area contributed by atoms with Crippen LogP contribution in [0.4, 0.5) is 0 Å². The quantitative estimate of drug-likeness (QED) is 0.609. The van der Waals surface area contributed by atoms with E-state index in [1.54, 1.807) is 0 Å². The van der Waals surface area contributed by atoms with Crippen LogP contribution in [0.2, 0.25) is 0 Å². The van der Waals surface area contributed by atoms with Crippen molar-refractivity contribution in [2.75, 3.05) is 25.4 Å². The molecular formula is C19H29BrN2O3S2. The maximum Gasteiger partial charge on any atom is 0.223 e. The SMILES string of the molecule is CC(C)(C)SCCNC(=O)C1CCN(S(=O)(=O)Cc2cccc(Br)c2)CC1. The molecule has 0 aromatic heterocycles. The Kier molecular flexibility index (Phi) is 8.21. The van der Waals surface area contributed by atoms with E-state index in [1.165, 1.54) is 4.31 Å². The van der Waals surface area contributed by atoms with Crippen molar-refractivity contribution in [2.24, 2.45) is 5.92 Å². The third kappa shape index (κ3) is 7.75. The molecule has 1 N–H and O–H groups in total. The van der Waals surface area contributed by atoms with Crippen LogP contribution in [0.15, 0.2) is 28.7 Å². The Bertz CT molecular complexity index is 740. The van der Waals surface area contributed by atoms with Crippen LogP contribution in [0.1, 0.15) is 39.2 Å². The van der Waals surface area contributed by atoms with Gasteiger partial charge in [-0.15, -0.1) is 0 Å². The molecule has 1 heterocycles. The van der Waals surface area contributed by atoms with E-state index in [4.69, 9.17) is 0 Å². The minimum Gasteiger partial charge on any atom is -0.355 e. The van der Waals surface area contributed by atoms with Crippen molar-refractivity contribution >= 4 is 43.6 Å². The van der Waals surface area contributed by atoms with E-state index >= 15 is 0 Å². The molecule has 1 aromatic rings. The van der Waals surface area contributed by atoms with E-state index in [1.807, 2.05) is 36.0 Å². The molecule has 152 valence electrons. The van der Waals surface area contributed by atoms with Gasteiger partial charge >= 0.3 is 0 Å². The van der Waals surface area contributed by atoms with Gasteiger partial charge < -0.3 is 5.32 Å². The average molecular weight is 477 g/mol. The number of thioether (sulfide) groups is 1. The van der Waals surface area contributed by atoms with Gasteiger partial charge in [0, 0.05) is 40.5 Å². The van der Waals surface area contributed by atoms with Gasteiger partial charge in [0.25, 0.3) is 0 Å². The Morgan fingerprint density at radius 3 is 2.56 bits per heavy atom. The molecule has 0 saturated carbocycles. The normalized spacial score (nSPS) is 17.0. The summed E-state index contributed by atoms with van der Waals surface area (Å²) in [6, 6.07) is 7.36. The zero-order valence-corrected chi connectivity index (χ0v) is 19.4. The molecule has 0 unspecified atom stereocenters. The van der Waals surface area contributed by atoms with Crippen LogP contribution < -0.4 is 5.32 Å². The Labute approximate surface area is 175 Å². The molecular weight excluding hydrogens is 448 g/mol. The fourth-order valence-electron chi connectivity index (χ4n) is 3.00. The number of nitrogens with one attached hydrogen (secondary N) is 1. The third-order valence-corrected chi connectivity index (χ3v) is 8.01. The van der Waals surface area contributed by atoms with Crippen LogP contribution in [0.25, 0.3) is 0 Å². The van der Waals surface area contributed by atoms with Gasteiger partial charge in [0.05, 0.1) is 5.75 Å². The lowest BCUT2D eigenvalue weighted by atomic mass is 9.97. The molecule has 0 spiro atoms. The van der Waals surface area contributed by atoms with E-state index in [0.717, 1.165) is 15.8 Å². The van der Waals surface area contributed by atoms with Crippen LogP contribution in [0, 0.1) is 5.92 Å². The van der Waals surface area contributed by atoms with Gasteiger partial charge in [-0.1, -0.05) is 48.8 Å². The van der Waals surface area contributed by atoms with Gasteiger partial charge in [-0.3, -0.25) is 4.79 Å². The molecule has 1 aliphatic heterocycles. The Hall–Kier alpha value is -0.570. The van der Waals surface area contributed by atoms with Gasteiger partial charge in [-0.2, -0.15) is 11.8 Å². The second-order valence-electron chi connectivity index (χ2n) is 7.81. The first-order valence-electron chi connectivity index (χ1n) is 9.21. The molecule has 0 bridgehead atoms. The van der Waals surface area contributed by atoms with E-state index in [-0.39, 0.29) is 22.3 Å². The topological polar surface area (TPSA) is 66.5 Å². The highest BCUT2D eigenvalue weighted by Crippen LogP contribution is 2.24. The van der Waals surface area contributed by atoms with Crippen molar-refractivity contribution in [1.82, 2.24) is 9.62 Å². The summed E-state index contributed by atoms with van der Waals surface area (Å²) >= 11 is 5.19. The Balaban J connectivity index is 1.79. The predicted octanol–water partition coefficient (Wildman–Crippen LogP) is 3.64. The summed E-state index contributed by atoms with van der Waals surface area (Å²) in [7, 11) is -3.36. The van der Waals surface area contributed by atoms with Gasteiger partial charge in [0.1, 0.15) is 0 Å². The fourth-order valence-corrected chi connectivity index (χ4v) is 5.81. The third-order valence-electron chi connectivity index (χ3n) is 4.39. The van der Waals surface area contributed by atoms with Crippen LogP contribution >= 0.6 is 27.7 Å². The second-order valence-corrected chi connectivity index (χ2v) is 12.6. The molecule has 27 heavy (non-hydrogen) atoms. The largest absolute Gasteiger partial charge is 0.355 e. The number of hydrogen-bond acceptors (Lipinski definition) is 4. The molecule has 8 heteroatoms. The molecule has 2 rings (SSSR count). The highest BCUT2D eigenvalue weighted by molar-refractivity contribution is 9.10. The fraction of sp³-hybridized carbons (Fsp3) is 0.632. The Morgan fingerprint density at radius 1 is 1.30 bits per heavy atom. The van der Waals surface area contributed by atoms with Gasteiger partial charge in [0.2, 0.25) is 15.9 Å². The summed E-state index contributed by atoms with van der Waals surface area (Å²) in [4.78, 5) is 12.3. The highest BCUT2D eigenvalue weighted by Gasteiger charge is 2.31. The molecule has 5 nitrogen and oxygen atoms in total. The van der Waals surface area contributed by atoms with Crippen molar-refractivity contribution in [3.63, 3.8) is 0 Å². The minimum atomic E-state index is -3.36. The lowest BCUT2D eigenvalue weighted by Crippen LogP contribution is -2.43. The summed E-state index contributed by atoms with van der Waals surface area (Å²) in [6.45, 7) is 7.94. The Morgan fingerprint density at radius 2 is 1.96 bits per heavy atom. The van der Waals surface area contributed by atoms with Crippen molar-refractivity contribution in [1.29, 1.82) is 0 Å². The maximum atomic E-state index is 12.7. The smallest absolute Gasteiger partial charge is 0.223 e. The first-order chi connectivity index (χ1) is 12.6. The van der Waals surface area contributed by atoms with Crippen molar-refractivity contribution in [3.05, 3.63) is 34.3 Å². The van der Waals surface area contributed by atoms with E-state index < -0.39 is 10.0 Å². The first-order valence-corrected chi connectivity index (χ1v) is 12.6. The molecule has 1 aliphatic rings. The average Bonchev–Trinajstić information content (AvgIpc) is 2.57. The zero-order valence-electron chi connectivity index (χ0n) is 16.2. The molecule has 0 aliphatic carbocycles. The summed E-state index contributed by atoms with van der Waals surface area (Å²) < 4.78 is 27.9. The molecule has 1 aromatic carbocycles. The number of halogens is 1. The summed E-state index contributed by atoms with van der Waals surface area (Å²) in [6.07, 6.45) is 1.16. The monoisotopic (exact) mass is 476 g/mol. The van der Waals surface area contributed by atoms with Crippen molar-refractivity contribution < 1.29 is 13.2 Å².